The predicted molar refractivity (Wildman–Crippen MR) is 273 cm³/mol. The fourth-order valence-corrected chi connectivity index (χ4v) is 9.95. The maximum Gasteiger partial charge on any atom is 0.246 e. The van der Waals surface area contributed by atoms with Crippen molar-refractivity contribution in [1.82, 2.24) is 30.3 Å². The van der Waals surface area contributed by atoms with Gasteiger partial charge in [-0.05, 0) is 101 Å². The molecule has 2 saturated heterocycles. The molecule has 4 amide bonds. The van der Waals surface area contributed by atoms with Gasteiger partial charge in [0.25, 0.3) is 0 Å². The van der Waals surface area contributed by atoms with Gasteiger partial charge >= 0.3 is 0 Å². The van der Waals surface area contributed by atoms with Crippen LogP contribution in [0.2, 0.25) is 0 Å². The number of rotatable bonds is 18. The van der Waals surface area contributed by atoms with Gasteiger partial charge in [-0.25, -0.2) is 4.98 Å². The Labute approximate surface area is 415 Å². The maximum absolute atomic E-state index is 14.1. The van der Waals surface area contributed by atoms with Gasteiger partial charge in [-0.2, -0.15) is 0 Å². The minimum atomic E-state index is -0.950. The summed E-state index contributed by atoms with van der Waals surface area (Å²) in [7, 11) is 0. The molecule has 5 aromatic rings. The van der Waals surface area contributed by atoms with Crippen molar-refractivity contribution in [2.45, 2.75) is 91.5 Å². The Kier molecular flexibility index (Phi) is 17.1. The Bertz CT molecular complexity index is 2600. The number of carbonyl (C=O) groups is 4. The summed E-state index contributed by atoms with van der Waals surface area (Å²) in [6.07, 6.45) is 0.556. The quantitative estimate of drug-likeness (QED) is 0.0555. The first kappa shape index (κ1) is 51.3. The van der Waals surface area contributed by atoms with E-state index in [4.69, 9.17) is 4.74 Å². The fourth-order valence-electron chi connectivity index (χ4n) is 9.13. The number of aromatic hydroxyl groups is 2. The number of aliphatic hydroxyl groups excluding tert-OH is 1. The van der Waals surface area contributed by atoms with Gasteiger partial charge in [0.05, 0.1) is 22.2 Å². The van der Waals surface area contributed by atoms with Crippen molar-refractivity contribution in [3.63, 3.8) is 0 Å². The van der Waals surface area contributed by atoms with E-state index in [1.54, 1.807) is 35.6 Å². The minimum absolute atomic E-state index is 0.0161. The third-order valence-corrected chi connectivity index (χ3v) is 14.1. The number of phenolic OH excluding ortho intramolecular Hbond substituents is 2. The number of likely N-dealkylation sites (tertiary alicyclic amines) is 1. The highest BCUT2D eigenvalue weighted by Crippen LogP contribution is 2.36. The Hall–Kier alpha value is -6.55. The number of aryl methyl sites for hydroxylation is 1. The average Bonchev–Trinajstić information content (AvgIpc) is 3.97. The van der Waals surface area contributed by atoms with E-state index in [2.05, 4.69) is 27.4 Å². The first-order valence-corrected chi connectivity index (χ1v) is 25.1. The van der Waals surface area contributed by atoms with Crippen LogP contribution in [0.4, 0.5) is 0 Å². The van der Waals surface area contributed by atoms with Crippen LogP contribution in [0.15, 0.2) is 103 Å². The number of aromatic nitrogens is 1. The van der Waals surface area contributed by atoms with Crippen LogP contribution in [0.3, 0.4) is 0 Å². The van der Waals surface area contributed by atoms with Crippen molar-refractivity contribution in [2.24, 2.45) is 5.41 Å². The second-order valence-corrected chi connectivity index (χ2v) is 20.0. The molecule has 0 spiro atoms. The zero-order valence-electron chi connectivity index (χ0n) is 40.8. The molecular formula is C55H66N6O8S. The van der Waals surface area contributed by atoms with Crippen molar-refractivity contribution in [1.29, 1.82) is 0 Å². The minimum Gasteiger partial charge on any atom is -0.508 e. The lowest BCUT2D eigenvalue weighted by molar-refractivity contribution is -0.144. The molecule has 70 heavy (non-hydrogen) atoms. The Morgan fingerprint density at radius 3 is 2.03 bits per heavy atom. The predicted octanol–water partition coefficient (Wildman–Crippen LogP) is 7.40. The molecule has 14 nitrogen and oxygen atoms in total. The van der Waals surface area contributed by atoms with Gasteiger partial charge in [-0.15, -0.1) is 11.3 Å². The second kappa shape index (κ2) is 23.4. The number of nitrogens with zero attached hydrogens (tertiary/aromatic N) is 4. The number of allylic oxidation sites excluding steroid dienone is 1. The van der Waals surface area contributed by atoms with Crippen molar-refractivity contribution in [3.05, 3.63) is 131 Å². The van der Waals surface area contributed by atoms with Crippen LogP contribution < -0.4 is 15.4 Å². The third-order valence-electron chi connectivity index (χ3n) is 13.1. The monoisotopic (exact) mass is 970 g/mol. The number of phenols is 2. The van der Waals surface area contributed by atoms with Crippen LogP contribution in [0.25, 0.3) is 21.6 Å². The molecule has 0 saturated carbocycles. The van der Waals surface area contributed by atoms with Crippen molar-refractivity contribution in [2.75, 3.05) is 45.9 Å². The molecule has 15 heteroatoms. The van der Waals surface area contributed by atoms with E-state index >= 15 is 0 Å². The van der Waals surface area contributed by atoms with Crippen molar-refractivity contribution < 1.29 is 39.2 Å². The topological polar surface area (TPSA) is 185 Å². The van der Waals surface area contributed by atoms with Crippen LogP contribution in [0.1, 0.15) is 87.7 Å². The SMILES string of the molecule is CCC(=C(c1ccc(O)cc1)c1ccc(OCCN2CCN(C(=O)CCCC(=O)N[C@H](C(=O)N3C[C@H](O)C[C@H]3C(=O)NCc3ccc(-c4scnc4C)cc3)C(C)(C)C)CC2)cc1)c1ccc(O)cc1. The summed E-state index contributed by atoms with van der Waals surface area (Å²) < 4.78 is 6.16. The van der Waals surface area contributed by atoms with Gasteiger partial charge in [0.1, 0.15) is 35.9 Å². The average molecular weight is 971 g/mol. The molecule has 0 bridgehead atoms. The zero-order valence-corrected chi connectivity index (χ0v) is 41.6. The van der Waals surface area contributed by atoms with E-state index in [1.165, 1.54) is 4.90 Å². The molecule has 5 N–H and O–H groups in total. The summed E-state index contributed by atoms with van der Waals surface area (Å²) in [6, 6.07) is 28.4. The number of carbonyl (C=O) groups excluding carboxylic acids is 4. The van der Waals surface area contributed by atoms with Gasteiger partial charge < -0.3 is 40.5 Å². The van der Waals surface area contributed by atoms with Gasteiger partial charge in [0.2, 0.25) is 23.6 Å². The number of amides is 4. The number of β-amino-alcohol motifs (C(OH)–C–C–N with tert-alkyl or cyclic N) is 1. The van der Waals surface area contributed by atoms with E-state index in [1.807, 2.05) is 111 Å². The van der Waals surface area contributed by atoms with Crippen LogP contribution in [-0.2, 0) is 25.7 Å². The number of nitrogens with one attached hydrogen (secondary N) is 2. The molecular weight excluding hydrogens is 905 g/mol. The standard InChI is InChI=1S/C55H66N6O8S/c1-6-46(38-14-20-42(62)21-15-38)50(39-16-22-43(63)23-17-39)40-18-24-45(25-19-40)69-31-30-59-26-28-60(29-27-59)49(66)9-7-8-48(65)58-52(55(3,4)5)54(68)61-34-44(64)32-47(61)53(67)56-33-37-10-12-41(13-11-37)51-36(2)57-35-70-51/h10-25,35,44,47,52,62-64H,6-9,26-34H2,1-5H3,(H,56,67)(H,58,65)/t44-,47+,52-/m1/s1. The van der Waals surface area contributed by atoms with E-state index < -0.39 is 29.5 Å². The Balaban J connectivity index is 0.838. The van der Waals surface area contributed by atoms with E-state index in [-0.39, 0.29) is 61.6 Å². The zero-order chi connectivity index (χ0) is 50.0. The fraction of sp³-hybridized carbons (Fsp3) is 0.400. The molecule has 0 unspecified atom stereocenters. The summed E-state index contributed by atoms with van der Waals surface area (Å²) in [4.78, 5) is 65.0. The Morgan fingerprint density at radius 1 is 0.829 bits per heavy atom. The molecule has 2 fully saturated rings. The second-order valence-electron chi connectivity index (χ2n) is 19.2. The molecule has 0 radical (unpaired) electrons. The first-order chi connectivity index (χ1) is 33.6. The first-order valence-electron chi connectivity index (χ1n) is 24.2. The van der Waals surface area contributed by atoms with Crippen molar-refractivity contribution >= 4 is 46.1 Å². The lowest BCUT2D eigenvalue weighted by atomic mass is 9.85. The number of thiazole rings is 1. The highest BCUT2D eigenvalue weighted by molar-refractivity contribution is 7.13. The van der Waals surface area contributed by atoms with Crippen LogP contribution in [0.5, 0.6) is 17.2 Å². The molecule has 7 rings (SSSR count). The summed E-state index contributed by atoms with van der Waals surface area (Å²) in [5.74, 6) is -0.0292. The number of ether oxygens (including phenoxy) is 1. The molecule has 3 heterocycles. The molecule has 1 aromatic heterocycles. The molecule has 370 valence electrons. The number of benzene rings is 4. The highest BCUT2D eigenvalue weighted by atomic mass is 32.1. The number of aliphatic hydroxyl groups is 1. The van der Waals surface area contributed by atoms with Crippen LogP contribution >= 0.6 is 11.3 Å². The molecule has 3 atom stereocenters. The van der Waals surface area contributed by atoms with E-state index in [9.17, 15) is 34.5 Å². The number of hydrogen-bond acceptors (Lipinski definition) is 11. The van der Waals surface area contributed by atoms with E-state index in [0.29, 0.717) is 45.8 Å². The third kappa shape index (κ3) is 13.2. The van der Waals surface area contributed by atoms with Gasteiger partial charge in [-0.3, -0.25) is 24.1 Å². The van der Waals surface area contributed by atoms with Crippen LogP contribution in [0, 0.1) is 12.3 Å². The normalized spacial score (nSPS) is 17.2. The Morgan fingerprint density at radius 2 is 1.44 bits per heavy atom. The van der Waals surface area contributed by atoms with Crippen molar-refractivity contribution in [3.8, 4) is 27.7 Å². The summed E-state index contributed by atoms with van der Waals surface area (Å²) >= 11 is 1.57. The highest BCUT2D eigenvalue weighted by Gasteiger charge is 2.44. The van der Waals surface area contributed by atoms with E-state index in [0.717, 1.165) is 61.7 Å². The van der Waals surface area contributed by atoms with Gasteiger partial charge in [-0.1, -0.05) is 88.4 Å². The molecule has 0 aliphatic carbocycles. The molecule has 4 aromatic carbocycles. The molecule has 2 aliphatic rings. The smallest absolute Gasteiger partial charge is 0.246 e. The summed E-state index contributed by atoms with van der Waals surface area (Å²) in [6.45, 7) is 13.6. The largest absolute Gasteiger partial charge is 0.508 e. The van der Waals surface area contributed by atoms with Gasteiger partial charge in [0, 0.05) is 65.1 Å². The summed E-state index contributed by atoms with van der Waals surface area (Å²) in [5, 5.41) is 36.3. The molecule has 2 aliphatic heterocycles. The number of piperazine rings is 1. The lowest BCUT2D eigenvalue weighted by Crippen LogP contribution is -2.57. The lowest BCUT2D eigenvalue weighted by Gasteiger charge is -2.35. The van der Waals surface area contributed by atoms with Crippen LogP contribution in [-0.4, -0.2) is 123 Å². The maximum atomic E-state index is 14.1. The van der Waals surface area contributed by atoms with Gasteiger partial charge in [0.15, 0.2) is 0 Å². The number of hydrogen-bond donors (Lipinski definition) is 5. The summed E-state index contributed by atoms with van der Waals surface area (Å²) in [5.41, 5.74) is 9.13.